The Kier molecular flexibility index (Phi) is 6.19. The molecular formula is C25H30N3O2+. The van der Waals surface area contributed by atoms with Crippen molar-refractivity contribution >= 4 is 22.4 Å². The van der Waals surface area contributed by atoms with Crippen molar-refractivity contribution in [1.29, 1.82) is 0 Å². The van der Waals surface area contributed by atoms with Gasteiger partial charge >= 0.3 is 0 Å². The Morgan fingerprint density at radius 1 is 0.933 bits per heavy atom. The van der Waals surface area contributed by atoms with Crippen LogP contribution >= 0.6 is 0 Å². The first-order valence-corrected chi connectivity index (χ1v) is 10.6. The lowest BCUT2D eigenvalue weighted by Crippen LogP contribution is -3.09. The van der Waals surface area contributed by atoms with Gasteiger partial charge in [0.05, 0.1) is 14.2 Å². The van der Waals surface area contributed by atoms with E-state index in [1.54, 1.807) is 7.11 Å². The van der Waals surface area contributed by atoms with Gasteiger partial charge in [0, 0.05) is 37.4 Å². The number of fused-ring (bicyclic) bond motifs is 1. The van der Waals surface area contributed by atoms with Crippen LogP contribution < -0.4 is 14.5 Å². The number of amides is 1. The van der Waals surface area contributed by atoms with Gasteiger partial charge in [-0.1, -0.05) is 36.4 Å². The third-order valence-electron chi connectivity index (χ3n) is 5.84. The molecule has 1 aliphatic rings. The Bertz CT molecular complexity index is 995. The number of benzene rings is 3. The third-order valence-corrected chi connectivity index (χ3v) is 5.84. The highest BCUT2D eigenvalue weighted by atomic mass is 16.5. The van der Waals surface area contributed by atoms with Crippen LogP contribution in [0.15, 0.2) is 66.7 Å². The number of nitrogens with zero attached hydrogens (tertiary/aromatic N) is 2. The summed E-state index contributed by atoms with van der Waals surface area (Å²) in [6.45, 7) is 4.64. The van der Waals surface area contributed by atoms with Gasteiger partial charge in [0.15, 0.2) is 6.54 Å². The normalized spacial score (nSPS) is 15.3. The van der Waals surface area contributed by atoms with Crippen molar-refractivity contribution in [2.45, 2.75) is 6.54 Å². The van der Waals surface area contributed by atoms with Gasteiger partial charge in [0.1, 0.15) is 12.3 Å². The summed E-state index contributed by atoms with van der Waals surface area (Å²) in [4.78, 5) is 18.4. The standard InChI is InChI=1S/C25H29N3O2/c1-26(18-20-7-8-21-5-3-4-6-22(21)17-20)19-25(29)28-15-13-27(14-16-28)23-9-11-24(30-2)12-10-23/h3-12,17H,13-16,18-19H2,1-2H3/p+1. The van der Waals surface area contributed by atoms with Crippen molar-refractivity contribution in [1.82, 2.24) is 4.90 Å². The Labute approximate surface area is 178 Å². The second-order valence-corrected chi connectivity index (χ2v) is 8.06. The van der Waals surface area contributed by atoms with Crippen LogP contribution in [0.1, 0.15) is 5.56 Å². The molecule has 4 rings (SSSR count). The van der Waals surface area contributed by atoms with Gasteiger partial charge in [0.2, 0.25) is 0 Å². The largest absolute Gasteiger partial charge is 0.497 e. The number of ether oxygens (including phenoxy) is 1. The molecular weight excluding hydrogens is 374 g/mol. The van der Waals surface area contributed by atoms with Crippen molar-refractivity contribution in [3.05, 3.63) is 72.3 Å². The summed E-state index contributed by atoms with van der Waals surface area (Å²) in [5.74, 6) is 1.10. The molecule has 1 saturated heterocycles. The smallest absolute Gasteiger partial charge is 0.277 e. The van der Waals surface area contributed by atoms with Crippen LogP contribution in [0.25, 0.3) is 10.8 Å². The van der Waals surface area contributed by atoms with E-state index in [1.165, 1.54) is 26.9 Å². The summed E-state index contributed by atoms with van der Waals surface area (Å²) in [6.07, 6.45) is 0. The van der Waals surface area contributed by atoms with E-state index >= 15 is 0 Å². The van der Waals surface area contributed by atoms with E-state index in [2.05, 4.69) is 66.5 Å². The summed E-state index contributed by atoms with van der Waals surface area (Å²) in [7, 11) is 3.78. The van der Waals surface area contributed by atoms with E-state index in [1.807, 2.05) is 17.0 Å². The topological polar surface area (TPSA) is 37.2 Å². The molecule has 3 aromatic carbocycles. The molecule has 0 bridgehead atoms. The fourth-order valence-electron chi connectivity index (χ4n) is 4.14. The Hall–Kier alpha value is -3.05. The average Bonchev–Trinajstić information content (AvgIpc) is 2.79. The van der Waals surface area contributed by atoms with E-state index in [4.69, 9.17) is 4.74 Å². The lowest BCUT2D eigenvalue weighted by Gasteiger charge is -2.36. The summed E-state index contributed by atoms with van der Waals surface area (Å²) in [6, 6.07) is 23.1. The molecule has 5 nitrogen and oxygen atoms in total. The Morgan fingerprint density at radius 2 is 1.63 bits per heavy atom. The second-order valence-electron chi connectivity index (χ2n) is 8.06. The number of quaternary nitrogens is 1. The number of carbonyl (C=O) groups is 1. The van der Waals surface area contributed by atoms with E-state index in [0.29, 0.717) is 6.54 Å². The van der Waals surface area contributed by atoms with Crippen LogP contribution in [-0.2, 0) is 11.3 Å². The Balaban J connectivity index is 1.28. The first kappa shape index (κ1) is 20.2. The summed E-state index contributed by atoms with van der Waals surface area (Å²) in [5, 5.41) is 2.51. The van der Waals surface area contributed by atoms with Crippen LogP contribution in [0, 0.1) is 0 Å². The van der Waals surface area contributed by atoms with Crippen LogP contribution in [0.5, 0.6) is 5.75 Å². The summed E-state index contributed by atoms with van der Waals surface area (Å²) >= 11 is 0. The fraction of sp³-hybridized carbons (Fsp3) is 0.320. The molecule has 0 aliphatic carbocycles. The van der Waals surface area contributed by atoms with Crippen LogP contribution in [0.3, 0.4) is 0 Å². The molecule has 1 heterocycles. The SMILES string of the molecule is COc1ccc(N2CCN(C(=O)C[NH+](C)Cc3ccc4ccccc4c3)CC2)cc1. The van der Waals surface area contributed by atoms with Crippen LogP contribution in [-0.4, -0.2) is 57.7 Å². The number of nitrogens with one attached hydrogen (secondary N) is 1. The minimum Gasteiger partial charge on any atom is -0.497 e. The van der Waals surface area contributed by atoms with Crippen molar-refractivity contribution in [2.24, 2.45) is 0 Å². The maximum Gasteiger partial charge on any atom is 0.277 e. The average molecular weight is 405 g/mol. The molecule has 1 atom stereocenters. The van der Waals surface area contributed by atoms with E-state index < -0.39 is 0 Å². The quantitative estimate of drug-likeness (QED) is 0.685. The molecule has 0 aromatic heterocycles. The highest BCUT2D eigenvalue weighted by molar-refractivity contribution is 5.83. The number of piperazine rings is 1. The first-order valence-electron chi connectivity index (χ1n) is 10.6. The lowest BCUT2D eigenvalue weighted by atomic mass is 10.1. The molecule has 1 aliphatic heterocycles. The molecule has 3 aromatic rings. The number of hydrogen-bond acceptors (Lipinski definition) is 3. The minimum absolute atomic E-state index is 0.239. The number of methoxy groups -OCH3 is 1. The molecule has 1 amide bonds. The van der Waals surface area contributed by atoms with Gasteiger partial charge < -0.3 is 19.4 Å². The third kappa shape index (κ3) is 4.74. The number of likely N-dealkylation sites (N-methyl/N-ethyl adjacent to an activating group) is 1. The zero-order valence-corrected chi connectivity index (χ0v) is 17.8. The predicted molar refractivity (Wildman–Crippen MR) is 121 cm³/mol. The van der Waals surface area contributed by atoms with Gasteiger partial charge in [0.25, 0.3) is 5.91 Å². The van der Waals surface area contributed by atoms with Crippen molar-refractivity contribution in [3.8, 4) is 5.75 Å². The van der Waals surface area contributed by atoms with Gasteiger partial charge in [-0.2, -0.15) is 0 Å². The fourth-order valence-corrected chi connectivity index (χ4v) is 4.14. The Morgan fingerprint density at radius 3 is 2.33 bits per heavy atom. The minimum atomic E-state index is 0.239. The second kappa shape index (κ2) is 9.18. The molecule has 30 heavy (non-hydrogen) atoms. The predicted octanol–water partition coefficient (Wildman–Crippen LogP) is 2.21. The number of rotatable bonds is 6. The monoisotopic (exact) mass is 404 g/mol. The van der Waals surface area contributed by atoms with Gasteiger partial charge in [-0.05, 0) is 41.1 Å². The van der Waals surface area contributed by atoms with Crippen LogP contribution in [0.4, 0.5) is 5.69 Å². The van der Waals surface area contributed by atoms with E-state index in [9.17, 15) is 4.79 Å². The zero-order chi connectivity index (χ0) is 20.9. The van der Waals surface area contributed by atoms with Crippen molar-refractivity contribution < 1.29 is 14.4 Å². The molecule has 5 heteroatoms. The molecule has 0 radical (unpaired) electrons. The maximum absolute atomic E-state index is 12.8. The highest BCUT2D eigenvalue weighted by Crippen LogP contribution is 2.20. The summed E-state index contributed by atoms with van der Waals surface area (Å²) in [5.41, 5.74) is 2.45. The first-order chi connectivity index (χ1) is 14.6. The van der Waals surface area contributed by atoms with Gasteiger partial charge in [-0.25, -0.2) is 0 Å². The molecule has 0 saturated carbocycles. The lowest BCUT2D eigenvalue weighted by molar-refractivity contribution is -0.885. The maximum atomic E-state index is 12.8. The molecule has 1 unspecified atom stereocenters. The molecule has 1 fully saturated rings. The molecule has 1 N–H and O–H groups in total. The summed E-state index contributed by atoms with van der Waals surface area (Å²) < 4.78 is 5.23. The zero-order valence-electron chi connectivity index (χ0n) is 17.8. The van der Waals surface area contributed by atoms with Crippen LogP contribution in [0.2, 0.25) is 0 Å². The number of anilines is 1. The molecule has 0 spiro atoms. The number of carbonyl (C=O) groups excluding carboxylic acids is 1. The van der Waals surface area contributed by atoms with Gasteiger partial charge in [-0.3, -0.25) is 4.79 Å². The van der Waals surface area contributed by atoms with Crippen molar-refractivity contribution in [2.75, 3.05) is 51.8 Å². The van der Waals surface area contributed by atoms with E-state index in [-0.39, 0.29) is 5.91 Å². The van der Waals surface area contributed by atoms with Gasteiger partial charge in [-0.15, -0.1) is 0 Å². The highest BCUT2D eigenvalue weighted by Gasteiger charge is 2.23. The number of hydrogen-bond donors (Lipinski definition) is 1. The van der Waals surface area contributed by atoms with Crippen molar-refractivity contribution in [3.63, 3.8) is 0 Å². The molecule has 156 valence electrons. The van der Waals surface area contributed by atoms with E-state index in [0.717, 1.165) is 38.5 Å².